The molecule has 0 saturated carbocycles. The molecule has 2 unspecified atom stereocenters. The fourth-order valence-electron chi connectivity index (χ4n) is 3.78. The van der Waals surface area contributed by atoms with E-state index in [1.165, 1.54) is 18.2 Å². The van der Waals surface area contributed by atoms with Gasteiger partial charge in [0, 0.05) is 31.0 Å². The van der Waals surface area contributed by atoms with Crippen LogP contribution < -0.4 is 5.32 Å². The highest BCUT2D eigenvalue weighted by molar-refractivity contribution is 6.00. The Bertz CT molecular complexity index is 1150. The lowest BCUT2D eigenvalue weighted by Crippen LogP contribution is -2.52. The van der Waals surface area contributed by atoms with Gasteiger partial charge in [-0.05, 0) is 44.9 Å². The third kappa shape index (κ3) is 4.78. The first-order chi connectivity index (χ1) is 15.6. The van der Waals surface area contributed by atoms with E-state index in [-0.39, 0.29) is 41.0 Å². The number of amides is 1. The van der Waals surface area contributed by atoms with Gasteiger partial charge in [-0.3, -0.25) is 4.79 Å². The Morgan fingerprint density at radius 2 is 1.97 bits per heavy atom. The minimum atomic E-state index is -4.52. The zero-order valence-corrected chi connectivity index (χ0v) is 17.7. The van der Waals surface area contributed by atoms with Gasteiger partial charge in [-0.15, -0.1) is 0 Å². The van der Waals surface area contributed by atoms with E-state index in [4.69, 9.17) is 4.52 Å². The van der Waals surface area contributed by atoms with Crippen molar-refractivity contribution in [2.45, 2.75) is 44.9 Å². The molecule has 0 bridgehead atoms. The van der Waals surface area contributed by atoms with Gasteiger partial charge in [0.25, 0.3) is 11.8 Å². The van der Waals surface area contributed by atoms with Crippen LogP contribution in [0, 0.1) is 12.7 Å². The number of carbonyl (C=O) groups excluding carboxylic acids is 1. The highest BCUT2D eigenvalue weighted by Crippen LogP contribution is 2.30. The van der Waals surface area contributed by atoms with E-state index in [1.54, 1.807) is 11.8 Å². The summed E-state index contributed by atoms with van der Waals surface area (Å²) in [4.78, 5) is 26.6. The smallest absolute Gasteiger partial charge is 0.349 e. The molecule has 8 nitrogen and oxygen atoms in total. The summed E-state index contributed by atoms with van der Waals surface area (Å²) in [5.74, 6) is -0.484. The molecule has 4 rings (SSSR count). The lowest BCUT2D eigenvalue weighted by molar-refractivity contribution is -0.138. The minimum Gasteiger partial charge on any atom is -0.349 e. The molecule has 1 fully saturated rings. The summed E-state index contributed by atoms with van der Waals surface area (Å²) in [7, 11) is 0. The van der Waals surface area contributed by atoms with Crippen molar-refractivity contribution in [2.75, 3.05) is 11.9 Å². The first-order valence-electron chi connectivity index (χ1n) is 10.2. The zero-order chi connectivity index (χ0) is 23.8. The Morgan fingerprint density at radius 1 is 1.24 bits per heavy atom. The van der Waals surface area contributed by atoms with E-state index in [0.717, 1.165) is 0 Å². The molecule has 1 aliphatic heterocycles. The number of carbonyl (C=O) groups is 1. The van der Waals surface area contributed by atoms with Crippen LogP contribution in [0.25, 0.3) is 11.5 Å². The molecule has 33 heavy (non-hydrogen) atoms. The summed E-state index contributed by atoms with van der Waals surface area (Å²) in [5, 5.41) is 6.72. The van der Waals surface area contributed by atoms with Crippen molar-refractivity contribution < 1.29 is 26.9 Å². The van der Waals surface area contributed by atoms with E-state index in [1.807, 2.05) is 6.92 Å². The van der Waals surface area contributed by atoms with Crippen molar-refractivity contribution in [3.8, 4) is 11.5 Å². The molecule has 3 heterocycles. The van der Waals surface area contributed by atoms with Gasteiger partial charge in [-0.1, -0.05) is 5.16 Å². The Labute approximate surface area is 186 Å². The van der Waals surface area contributed by atoms with Gasteiger partial charge in [-0.2, -0.15) is 18.2 Å². The highest BCUT2D eigenvalue weighted by atomic mass is 19.4. The molecule has 1 N–H and O–H groups in total. The van der Waals surface area contributed by atoms with Crippen molar-refractivity contribution in [2.24, 2.45) is 0 Å². The molecule has 0 aliphatic carbocycles. The topological polar surface area (TPSA) is 97.0 Å². The molecule has 0 spiro atoms. The van der Waals surface area contributed by atoms with Crippen LogP contribution in [0.2, 0.25) is 0 Å². The van der Waals surface area contributed by atoms with Crippen molar-refractivity contribution in [1.82, 2.24) is 25.0 Å². The SMILES string of the molecule is Cc1noc(-c2cc(F)ccc2C(=O)N2CCCC(Nc3ncc(C(F)(F)F)cn3)C2C)n1. The molecule has 2 aromatic heterocycles. The van der Waals surface area contributed by atoms with E-state index >= 15 is 0 Å². The van der Waals surface area contributed by atoms with E-state index in [2.05, 4.69) is 25.4 Å². The minimum absolute atomic E-state index is 0.0350. The van der Waals surface area contributed by atoms with Gasteiger partial charge in [0.05, 0.1) is 16.7 Å². The first kappa shape index (κ1) is 22.6. The van der Waals surface area contributed by atoms with Crippen molar-refractivity contribution in [3.05, 3.63) is 53.4 Å². The number of aromatic nitrogens is 4. The molecule has 3 aromatic rings. The molecular weight excluding hydrogens is 444 g/mol. The molecule has 2 atom stereocenters. The predicted molar refractivity (Wildman–Crippen MR) is 109 cm³/mol. The van der Waals surface area contributed by atoms with Crippen molar-refractivity contribution in [3.63, 3.8) is 0 Å². The van der Waals surface area contributed by atoms with Crippen molar-refractivity contribution in [1.29, 1.82) is 0 Å². The van der Waals surface area contributed by atoms with Gasteiger partial charge in [-0.25, -0.2) is 14.4 Å². The molecule has 12 heteroatoms. The van der Waals surface area contributed by atoms with E-state index in [9.17, 15) is 22.4 Å². The number of nitrogens with zero attached hydrogens (tertiary/aromatic N) is 5. The third-order valence-corrected chi connectivity index (χ3v) is 5.51. The normalized spacial score (nSPS) is 18.9. The van der Waals surface area contributed by atoms with Crippen LogP contribution in [0.15, 0.2) is 35.1 Å². The van der Waals surface area contributed by atoms with Crippen LogP contribution in [-0.4, -0.2) is 49.5 Å². The average molecular weight is 464 g/mol. The Morgan fingerprint density at radius 3 is 2.61 bits per heavy atom. The Hall–Kier alpha value is -3.57. The standard InChI is InChI=1S/C21H20F4N6O2/c1-11-17(29-20-26-9-13(10-27-20)21(23,24)25)4-3-7-31(11)19(32)15-6-5-14(22)8-16(15)18-28-12(2)30-33-18/h5-6,8-11,17H,3-4,7H2,1-2H3,(H,26,27,29). The second-order valence-corrected chi connectivity index (χ2v) is 7.76. The lowest BCUT2D eigenvalue weighted by atomic mass is 9.95. The van der Waals surface area contributed by atoms with Crippen LogP contribution >= 0.6 is 0 Å². The third-order valence-electron chi connectivity index (χ3n) is 5.51. The summed E-state index contributed by atoms with van der Waals surface area (Å²) in [6.07, 6.45) is -1.80. The number of likely N-dealkylation sites (tertiary alicyclic amines) is 1. The number of benzene rings is 1. The lowest BCUT2D eigenvalue weighted by Gasteiger charge is -2.40. The summed E-state index contributed by atoms with van der Waals surface area (Å²) < 4.78 is 57.3. The maximum Gasteiger partial charge on any atom is 0.419 e. The predicted octanol–water partition coefficient (Wildman–Crippen LogP) is 4.10. The molecule has 1 saturated heterocycles. The van der Waals surface area contributed by atoms with Gasteiger partial charge >= 0.3 is 6.18 Å². The zero-order valence-electron chi connectivity index (χ0n) is 17.7. The van der Waals surface area contributed by atoms with Gasteiger partial charge in [0.1, 0.15) is 5.82 Å². The molecular formula is C21H20F4N6O2. The van der Waals surface area contributed by atoms with Crippen LogP contribution in [0.4, 0.5) is 23.5 Å². The highest BCUT2D eigenvalue weighted by Gasteiger charge is 2.34. The second-order valence-electron chi connectivity index (χ2n) is 7.76. The number of nitrogens with one attached hydrogen (secondary N) is 1. The number of alkyl halides is 3. The van der Waals surface area contributed by atoms with Gasteiger partial charge in [0.2, 0.25) is 5.95 Å². The maximum atomic E-state index is 13.9. The van der Waals surface area contributed by atoms with Crippen LogP contribution in [-0.2, 0) is 6.18 Å². The number of anilines is 1. The molecule has 1 aliphatic rings. The Balaban J connectivity index is 1.55. The maximum absolute atomic E-state index is 13.9. The fraction of sp³-hybridized carbons (Fsp3) is 0.381. The molecule has 174 valence electrons. The summed E-state index contributed by atoms with van der Waals surface area (Å²) in [6.45, 7) is 3.88. The van der Waals surface area contributed by atoms with Crippen molar-refractivity contribution >= 4 is 11.9 Å². The summed E-state index contributed by atoms with van der Waals surface area (Å²) >= 11 is 0. The van der Waals surface area contributed by atoms with E-state index in [0.29, 0.717) is 37.6 Å². The van der Waals surface area contributed by atoms with Gasteiger partial charge in [0.15, 0.2) is 5.82 Å². The molecule has 1 aromatic carbocycles. The molecule has 0 radical (unpaired) electrons. The summed E-state index contributed by atoms with van der Waals surface area (Å²) in [5.41, 5.74) is -0.547. The van der Waals surface area contributed by atoms with Crippen LogP contribution in [0.5, 0.6) is 0 Å². The first-order valence-corrected chi connectivity index (χ1v) is 10.2. The molecule has 1 amide bonds. The number of hydrogen-bond donors (Lipinski definition) is 1. The number of piperidine rings is 1. The van der Waals surface area contributed by atoms with Crippen LogP contribution in [0.1, 0.15) is 41.5 Å². The number of rotatable bonds is 4. The average Bonchev–Trinajstić information content (AvgIpc) is 3.21. The number of aryl methyl sites for hydroxylation is 1. The monoisotopic (exact) mass is 464 g/mol. The fourth-order valence-corrected chi connectivity index (χ4v) is 3.78. The van der Waals surface area contributed by atoms with Gasteiger partial charge < -0.3 is 14.7 Å². The Kier molecular flexibility index (Phi) is 6.00. The van der Waals surface area contributed by atoms with E-state index < -0.39 is 17.6 Å². The largest absolute Gasteiger partial charge is 0.419 e. The summed E-state index contributed by atoms with van der Waals surface area (Å²) in [6, 6.07) is 3.07. The quantitative estimate of drug-likeness (QED) is 0.581. The van der Waals surface area contributed by atoms with Crippen LogP contribution in [0.3, 0.4) is 0 Å². The number of hydrogen-bond acceptors (Lipinski definition) is 7. The number of halogens is 4. The second kappa shape index (κ2) is 8.75.